The highest BCUT2D eigenvalue weighted by Gasteiger charge is 2.19. The fraction of sp³-hybridized carbons (Fsp3) is 0.917. The van der Waals surface area contributed by atoms with E-state index in [2.05, 4.69) is 23.3 Å². The Bertz CT molecular complexity index is 222. The van der Waals surface area contributed by atoms with Crippen molar-refractivity contribution in [3.63, 3.8) is 0 Å². The van der Waals surface area contributed by atoms with Crippen LogP contribution in [0.3, 0.4) is 0 Å². The molecule has 1 N–H and O–H groups in total. The molecule has 1 heterocycles. The van der Waals surface area contributed by atoms with E-state index in [0.717, 1.165) is 12.5 Å². The van der Waals surface area contributed by atoms with Gasteiger partial charge in [-0.25, -0.2) is 0 Å². The molecule has 0 aromatic rings. The Morgan fingerprint density at radius 3 is 2.53 bits per heavy atom. The van der Waals surface area contributed by atoms with Gasteiger partial charge in [0.15, 0.2) is 0 Å². The fourth-order valence-corrected chi connectivity index (χ4v) is 1.98. The second kappa shape index (κ2) is 5.48. The van der Waals surface area contributed by atoms with Crippen LogP contribution in [-0.4, -0.2) is 37.1 Å². The smallest absolute Gasteiger partial charge is 0.101 e. The molecule has 0 atom stereocenters. The molecule has 0 unspecified atom stereocenters. The lowest BCUT2D eigenvalue weighted by Gasteiger charge is -2.29. The van der Waals surface area contributed by atoms with Crippen LogP contribution in [-0.2, 0) is 0 Å². The zero-order chi connectivity index (χ0) is 11.3. The van der Waals surface area contributed by atoms with E-state index >= 15 is 0 Å². The third-order valence-corrected chi connectivity index (χ3v) is 3.24. The number of rotatable bonds is 4. The molecule has 0 radical (unpaired) electrons. The lowest BCUT2D eigenvalue weighted by molar-refractivity contribution is 0.210. The van der Waals surface area contributed by atoms with Gasteiger partial charge in [0.25, 0.3) is 0 Å². The van der Waals surface area contributed by atoms with Crippen LogP contribution in [0.25, 0.3) is 0 Å². The topological polar surface area (TPSA) is 39.1 Å². The largest absolute Gasteiger partial charge is 0.306 e. The average molecular weight is 209 g/mol. The van der Waals surface area contributed by atoms with Crippen LogP contribution in [0.4, 0.5) is 0 Å². The third kappa shape index (κ3) is 4.63. The van der Waals surface area contributed by atoms with E-state index in [1.54, 1.807) is 0 Å². The Kier molecular flexibility index (Phi) is 4.56. The summed E-state index contributed by atoms with van der Waals surface area (Å²) in [6, 6.07) is 2.27. The molecule has 0 saturated carbocycles. The van der Waals surface area contributed by atoms with E-state index in [0.29, 0.717) is 0 Å². The van der Waals surface area contributed by atoms with Crippen molar-refractivity contribution in [1.29, 1.82) is 5.26 Å². The number of hydrogen-bond donors (Lipinski definition) is 1. The Morgan fingerprint density at radius 2 is 2.00 bits per heavy atom. The van der Waals surface area contributed by atoms with Gasteiger partial charge in [0.2, 0.25) is 0 Å². The van der Waals surface area contributed by atoms with Crippen molar-refractivity contribution in [2.24, 2.45) is 5.92 Å². The van der Waals surface area contributed by atoms with Crippen LogP contribution in [0.5, 0.6) is 0 Å². The monoisotopic (exact) mass is 209 g/mol. The summed E-state index contributed by atoms with van der Waals surface area (Å²) in [5.41, 5.74) is -0.370. The maximum atomic E-state index is 8.85. The van der Waals surface area contributed by atoms with Gasteiger partial charge in [-0.05, 0) is 65.7 Å². The molecule has 3 heteroatoms. The van der Waals surface area contributed by atoms with E-state index in [9.17, 15) is 0 Å². The minimum Gasteiger partial charge on any atom is -0.306 e. The molecular weight excluding hydrogens is 186 g/mol. The summed E-state index contributed by atoms with van der Waals surface area (Å²) in [6.45, 7) is 7.29. The van der Waals surface area contributed by atoms with Crippen molar-refractivity contribution < 1.29 is 0 Å². The molecule has 1 saturated heterocycles. The predicted octanol–water partition coefficient (Wildman–Crippen LogP) is 1.61. The van der Waals surface area contributed by atoms with E-state index < -0.39 is 0 Å². The number of nitrogens with one attached hydrogen (secondary N) is 1. The van der Waals surface area contributed by atoms with Crippen molar-refractivity contribution in [2.75, 3.05) is 26.7 Å². The number of piperidine rings is 1. The molecule has 1 fully saturated rings. The lowest BCUT2D eigenvalue weighted by Crippen LogP contribution is -2.39. The van der Waals surface area contributed by atoms with Crippen molar-refractivity contribution in [3.05, 3.63) is 0 Å². The first-order valence-corrected chi connectivity index (χ1v) is 5.88. The number of hydrogen-bond acceptors (Lipinski definition) is 3. The normalized spacial score (nSPS) is 20.1. The zero-order valence-electron chi connectivity index (χ0n) is 10.2. The second-order valence-electron chi connectivity index (χ2n) is 5.20. The van der Waals surface area contributed by atoms with Crippen molar-refractivity contribution in [2.45, 2.75) is 38.6 Å². The minimum absolute atomic E-state index is 0.370. The van der Waals surface area contributed by atoms with Gasteiger partial charge >= 0.3 is 0 Å². The van der Waals surface area contributed by atoms with E-state index in [-0.39, 0.29) is 5.54 Å². The third-order valence-electron chi connectivity index (χ3n) is 3.24. The maximum Gasteiger partial charge on any atom is 0.101 e. The molecule has 0 aromatic heterocycles. The molecule has 3 nitrogen and oxygen atoms in total. The number of nitrogens with zero attached hydrogens (tertiary/aromatic N) is 2. The molecule has 15 heavy (non-hydrogen) atoms. The Morgan fingerprint density at radius 1 is 1.40 bits per heavy atom. The molecule has 0 bridgehead atoms. The van der Waals surface area contributed by atoms with Crippen molar-refractivity contribution >= 4 is 0 Å². The van der Waals surface area contributed by atoms with Gasteiger partial charge in [0.1, 0.15) is 5.54 Å². The van der Waals surface area contributed by atoms with Crippen LogP contribution >= 0.6 is 0 Å². The summed E-state index contributed by atoms with van der Waals surface area (Å²) >= 11 is 0. The highest BCUT2D eigenvalue weighted by molar-refractivity contribution is 4.99. The summed E-state index contributed by atoms with van der Waals surface area (Å²) in [5, 5.41) is 12.1. The van der Waals surface area contributed by atoms with Crippen molar-refractivity contribution in [3.8, 4) is 6.07 Å². The molecule has 0 spiro atoms. The van der Waals surface area contributed by atoms with Crippen LogP contribution < -0.4 is 5.32 Å². The maximum absolute atomic E-state index is 8.85. The van der Waals surface area contributed by atoms with Gasteiger partial charge in [-0.2, -0.15) is 5.26 Å². The van der Waals surface area contributed by atoms with Gasteiger partial charge in [-0.15, -0.1) is 0 Å². The molecule has 86 valence electrons. The molecule has 0 amide bonds. The summed E-state index contributed by atoms with van der Waals surface area (Å²) in [4.78, 5) is 2.39. The standard InChI is InChI=1S/C12H23N3/c1-12(2,10-13)14-7-4-11-5-8-15(3)9-6-11/h11,14H,4-9H2,1-3H3. The molecule has 1 aliphatic heterocycles. The Labute approximate surface area is 93.5 Å². The van der Waals surface area contributed by atoms with Crippen LogP contribution in [0.1, 0.15) is 33.1 Å². The molecule has 1 aliphatic rings. The number of likely N-dealkylation sites (tertiary alicyclic amines) is 1. The van der Waals surface area contributed by atoms with Gasteiger partial charge in [-0.1, -0.05) is 0 Å². The van der Waals surface area contributed by atoms with E-state index in [1.165, 1.54) is 32.4 Å². The van der Waals surface area contributed by atoms with E-state index in [4.69, 9.17) is 5.26 Å². The summed E-state index contributed by atoms with van der Waals surface area (Å²) in [7, 11) is 2.19. The molecular formula is C12H23N3. The Hall–Kier alpha value is -0.590. The Balaban J connectivity index is 2.14. The first-order valence-electron chi connectivity index (χ1n) is 5.88. The van der Waals surface area contributed by atoms with Gasteiger partial charge in [0, 0.05) is 0 Å². The summed E-state index contributed by atoms with van der Waals surface area (Å²) in [6.07, 6.45) is 3.83. The quantitative estimate of drug-likeness (QED) is 0.764. The number of nitriles is 1. The average Bonchev–Trinajstić information content (AvgIpc) is 2.21. The van der Waals surface area contributed by atoms with Crippen LogP contribution in [0, 0.1) is 17.2 Å². The highest BCUT2D eigenvalue weighted by Crippen LogP contribution is 2.19. The van der Waals surface area contributed by atoms with E-state index in [1.807, 2.05) is 13.8 Å². The van der Waals surface area contributed by atoms with Gasteiger partial charge in [0.05, 0.1) is 6.07 Å². The SMILES string of the molecule is CN1CCC(CCNC(C)(C)C#N)CC1. The fourth-order valence-electron chi connectivity index (χ4n) is 1.98. The summed E-state index contributed by atoms with van der Waals surface area (Å²) in [5.74, 6) is 0.850. The van der Waals surface area contributed by atoms with Crippen LogP contribution in [0.2, 0.25) is 0 Å². The highest BCUT2D eigenvalue weighted by atomic mass is 15.1. The molecule has 0 aromatic carbocycles. The predicted molar refractivity (Wildman–Crippen MR) is 62.5 cm³/mol. The van der Waals surface area contributed by atoms with Crippen LogP contribution in [0.15, 0.2) is 0 Å². The van der Waals surface area contributed by atoms with Gasteiger partial charge < -0.3 is 4.90 Å². The first kappa shape index (κ1) is 12.5. The molecule has 1 rings (SSSR count). The minimum atomic E-state index is -0.370. The van der Waals surface area contributed by atoms with Gasteiger partial charge in [-0.3, -0.25) is 5.32 Å². The second-order valence-corrected chi connectivity index (χ2v) is 5.20. The first-order chi connectivity index (χ1) is 7.03. The lowest BCUT2D eigenvalue weighted by atomic mass is 9.93. The molecule has 0 aliphatic carbocycles. The van der Waals surface area contributed by atoms with Crippen molar-refractivity contribution in [1.82, 2.24) is 10.2 Å². The summed E-state index contributed by atoms with van der Waals surface area (Å²) < 4.78 is 0. The zero-order valence-corrected chi connectivity index (χ0v) is 10.2.